The van der Waals surface area contributed by atoms with Gasteiger partial charge in [-0.05, 0) is 5.92 Å². The molecule has 0 saturated carbocycles. The van der Waals surface area contributed by atoms with Gasteiger partial charge in [-0.25, -0.2) is 0 Å². The van der Waals surface area contributed by atoms with Gasteiger partial charge in [-0.2, -0.15) is 0 Å². The Morgan fingerprint density at radius 2 is 1.62 bits per heavy atom. The molecule has 32 heavy (non-hydrogen) atoms. The molecule has 0 radical (unpaired) electrons. The highest BCUT2D eigenvalue weighted by Gasteiger charge is 2.27. The van der Waals surface area contributed by atoms with E-state index in [-0.39, 0.29) is 24.0 Å². The van der Waals surface area contributed by atoms with E-state index in [0.29, 0.717) is 35.8 Å². The topological polar surface area (TPSA) is 76.6 Å². The second-order valence-corrected chi connectivity index (χ2v) is 7.61. The monoisotopic (exact) mass is 564 g/mol. The van der Waals surface area contributed by atoms with Crippen LogP contribution in [-0.2, 0) is 11.3 Å². The van der Waals surface area contributed by atoms with Gasteiger partial charge >= 0.3 is 0 Å². The summed E-state index contributed by atoms with van der Waals surface area (Å²) in [6, 6.07) is 4.16. The summed E-state index contributed by atoms with van der Waals surface area (Å²) >= 11 is 0. The molecule has 0 spiro atoms. The summed E-state index contributed by atoms with van der Waals surface area (Å²) in [6.45, 7) is 9.48. The average Bonchev–Trinajstić information content (AvgIpc) is 2.83. The van der Waals surface area contributed by atoms with Gasteiger partial charge in [0, 0.05) is 44.9 Å². The van der Waals surface area contributed by atoms with E-state index in [2.05, 4.69) is 34.4 Å². The quantitative estimate of drug-likeness (QED) is 0.243. The fraction of sp³-hybridized carbons (Fsp3) is 0.696. The van der Waals surface area contributed by atoms with E-state index in [9.17, 15) is 0 Å². The molecule has 1 unspecified atom stereocenters. The largest absolute Gasteiger partial charge is 0.496 e. The van der Waals surface area contributed by atoms with Gasteiger partial charge in [0.1, 0.15) is 17.2 Å². The van der Waals surface area contributed by atoms with Crippen molar-refractivity contribution in [3.63, 3.8) is 0 Å². The van der Waals surface area contributed by atoms with Crippen molar-refractivity contribution in [1.29, 1.82) is 0 Å². The number of nitrogens with one attached hydrogen (secondary N) is 2. The minimum atomic E-state index is 0. The number of hydrogen-bond acceptors (Lipinski definition) is 6. The van der Waals surface area contributed by atoms with E-state index in [4.69, 9.17) is 18.9 Å². The lowest BCUT2D eigenvalue weighted by Crippen LogP contribution is -2.53. The fourth-order valence-electron chi connectivity index (χ4n) is 4.18. The van der Waals surface area contributed by atoms with Gasteiger partial charge in [-0.3, -0.25) is 9.89 Å². The van der Waals surface area contributed by atoms with Gasteiger partial charge in [0.2, 0.25) is 0 Å². The summed E-state index contributed by atoms with van der Waals surface area (Å²) in [4.78, 5) is 6.97. The fourth-order valence-corrected chi connectivity index (χ4v) is 4.18. The van der Waals surface area contributed by atoms with Gasteiger partial charge in [0.15, 0.2) is 5.96 Å². The molecule has 1 aromatic carbocycles. The molecule has 0 bridgehead atoms. The summed E-state index contributed by atoms with van der Waals surface area (Å²) in [6.07, 6.45) is 2.32. The normalized spacial score (nSPS) is 15.7. The highest BCUT2D eigenvalue weighted by molar-refractivity contribution is 14.0. The van der Waals surface area contributed by atoms with Crippen LogP contribution in [0.5, 0.6) is 17.2 Å². The number of benzene rings is 1. The molecule has 1 aliphatic rings. The van der Waals surface area contributed by atoms with Crippen LogP contribution in [0.1, 0.15) is 32.3 Å². The summed E-state index contributed by atoms with van der Waals surface area (Å²) in [5.41, 5.74) is 0.915. The summed E-state index contributed by atoms with van der Waals surface area (Å²) in [5, 5.41) is 6.93. The van der Waals surface area contributed by atoms with E-state index in [0.717, 1.165) is 57.2 Å². The lowest BCUT2D eigenvalue weighted by atomic mass is 9.92. The van der Waals surface area contributed by atoms with Crippen LogP contribution in [0.2, 0.25) is 0 Å². The molecule has 0 aliphatic carbocycles. The van der Waals surface area contributed by atoms with Crippen molar-refractivity contribution in [3.05, 3.63) is 17.7 Å². The molecule has 1 atom stereocenters. The van der Waals surface area contributed by atoms with Crippen LogP contribution in [0, 0.1) is 5.92 Å². The van der Waals surface area contributed by atoms with Crippen molar-refractivity contribution < 1.29 is 18.9 Å². The first-order valence-electron chi connectivity index (χ1n) is 11.2. The number of hydrogen-bond donors (Lipinski definition) is 2. The van der Waals surface area contributed by atoms with E-state index < -0.39 is 0 Å². The Kier molecular flexibility index (Phi) is 13.7. The Morgan fingerprint density at radius 3 is 2.09 bits per heavy atom. The number of aliphatic imine (C=N–C) groups is 1. The zero-order valence-electron chi connectivity index (χ0n) is 20.4. The second kappa shape index (κ2) is 15.4. The predicted octanol–water partition coefficient (Wildman–Crippen LogP) is 3.13. The molecule has 9 heteroatoms. The molecule has 1 saturated heterocycles. The molecular weight excluding hydrogens is 523 g/mol. The molecule has 0 amide bonds. The number of morpholine rings is 1. The van der Waals surface area contributed by atoms with Crippen LogP contribution < -0.4 is 24.8 Å². The van der Waals surface area contributed by atoms with Gasteiger partial charge in [0.05, 0.1) is 46.7 Å². The number of methoxy groups -OCH3 is 3. The maximum Gasteiger partial charge on any atom is 0.191 e. The van der Waals surface area contributed by atoms with Crippen LogP contribution in [0.15, 0.2) is 17.1 Å². The minimum Gasteiger partial charge on any atom is -0.496 e. The lowest BCUT2D eigenvalue weighted by Gasteiger charge is -2.39. The minimum absolute atomic E-state index is 0. The first kappa shape index (κ1) is 28.6. The first-order chi connectivity index (χ1) is 15.1. The van der Waals surface area contributed by atoms with Crippen LogP contribution in [0.4, 0.5) is 0 Å². The molecule has 8 nitrogen and oxygen atoms in total. The second-order valence-electron chi connectivity index (χ2n) is 7.61. The molecule has 1 aliphatic heterocycles. The van der Waals surface area contributed by atoms with Crippen LogP contribution in [-0.4, -0.2) is 78.1 Å². The summed E-state index contributed by atoms with van der Waals surface area (Å²) < 4.78 is 22.0. The molecule has 0 aromatic heterocycles. The van der Waals surface area contributed by atoms with E-state index >= 15 is 0 Å². The number of nitrogens with zero attached hydrogens (tertiary/aromatic N) is 2. The Hall–Kier alpha value is -1.46. The van der Waals surface area contributed by atoms with Crippen molar-refractivity contribution in [2.24, 2.45) is 10.9 Å². The van der Waals surface area contributed by atoms with Crippen LogP contribution in [0.25, 0.3) is 0 Å². The smallest absolute Gasteiger partial charge is 0.191 e. The van der Waals surface area contributed by atoms with Gasteiger partial charge in [-0.15, -0.1) is 24.0 Å². The van der Waals surface area contributed by atoms with E-state index in [1.807, 2.05) is 12.1 Å². The van der Waals surface area contributed by atoms with Crippen LogP contribution >= 0.6 is 24.0 Å². The highest BCUT2D eigenvalue weighted by atomic mass is 127. The van der Waals surface area contributed by atoms with E-state index in [1.54, 1.807) is 28.4 Å². The van der Waals surface area contributed by atoms with Crippen LogP contribution in [0.3, 0.4) is 0 Å². The van der Waals surface area contributed by atoms with Crippen molar-refractivity contribution in [1.82, 2.24) is 15.5 Å². The first-order valence-corrected chi connectivity index (χ1v) is 11.2. The average molecular weight is 565 g/mol. The van der Waals surface area contributed by atoms with Crippen molar-refractivity contribution >= 4 is 29.9 Å². The number of rotatable bonds is 11. The zero-order chi connectivity index (χ0) is 22.6. The third kappa shape index (κ3) is 7.84. The highest BCUT2D eigenvalue weighted by Crippen LogP contribution is 2.33. The van der Waals surface area contributed by atoms with Crippen molar-refractivity contribution in [2.75, 3.05) is 61.2 Å². The Balaban J connectivity index is 0.00000512. The Morgan fingerprint density at radius 1 is 1.03 bits per heavy atom. The Bertz CT molecular complexity index is 670. The molecule has 2 N–H and O–H groups in total. The summed E-state index contributed by atoms with van der Waals surface area (Å²) in [5.74, 6) is 3.50. The zero-order valence-corrected chi connectivity index (χ0v) is 22.7. The number of halogens is 1. The van der Waals surface area contributed by atoms with E-state index in [1.165, 1.54) is 0 Å². The Labute approximate surface area is 210 Å². The number of ether oxygens (including phenoxy) is 4. The SMILES string of the molecule is CCC(CC)C(CNC(=NC)NCc1c(OC)cc(OC)cc1OC)N1CCOCC1.I. The third-order valence-corrected chi connectivity index (χ3v) is 6.06. The number of guanidine groups is 1. The molecule has 2 rings (SSSR count). The van der Waals surface area contributed by atoms with Gasteiger partial charge in [-0.1, -0.05) is 26.7 Å². The maximum absolute atomic E-state index is 5.56. The third-order valence-electron chi connectivity index (χ3n) is 6.06. The summed E-state index contributed by atoms with van der Waals surface area (Å²) in [7, 11) is 6.71. The van der Waals surface area contributed by atoms with Gasteiger partial charge < -0.3 is 29.6 Å². The molecule has 1 aromatic rings. The van der Waals surface area contributed by atoms with Crippen molar-refractivity contribution in [3.8, 4) is 17.2 Å². The standard InChI is InChI=1S/C23H40N4O4.HI/c1-7-17(8-2)20(27-9-11-31-12-10-27)16-26-23(24-3)25-15-19-21(29-5)13-18(28-4)14-22(19)30-6;/h13-14,17,20H,7-12,15-16H2,1-6H3,(H2,24,25,26);1H. The molecular formula is C23H41IN4O4. The van der Waals surface area contributed by atoms with Gasteiger partial charge in [0.25, 0.3) is 0 Å². The predicted molar refractivity (Wildman–Crippen MR) is 140 cm³/mol. The van der Waals surface area contributed by atoms with Crippen molar-refractivity contribution in [2.45, 2.75) is 39.3 Å². The maximum atomic E-state index is 5.56. The molecule has 1 fully saturated rings. The molecule has 1 heterocycles. The lowest BCUT2D eigenvalue weighted by molar-refractivity contribution is 0.00272. The molecule has 184 valence electrons.